The highest BCUT2D eigenvalue weighted by molar-refractivity contribution is 5.72. The van der Waals surface area contributed by atoms with Gasteiger partial charge in [0.05, 0.1) is 24.5 Å². The lowest BCUT2D eigenvalue weighted by Gasteiger charge is -2.43. The Morgan fingerprint density at radius 1 is 1.11 bits per heavy atom. The molecule has 10 heteroatoms. The van der Waals surface area contributed by atoms with Gasteiger partial charge in [0.25, 0.3) is 0 Å². The molecule has 10 atom stereocenters. The van der Waals surface area contributed by atoms with Crippen LogP contribution < -0.4 is 4.74 Å². The minimum Gasteiger partial charge on any atom is -0.507 e. The van der Waals surface area contributed by atoms with Gasteiger partial charge >= 0.3 is 18.1 Å². The zero-order valence-corrected chi connectivity index (χ0v) is 33.7. The second-order valence-electron chi connectivity index (χ2n) is 16.3. The fraction of sp³-hybridized carbons (Fsp3) is 0.622. The number of carbonyl (C=O) groups excluding carboxylic acids is 2. The summed E-state index contributed by atoms with van der Waals surface area (Å²) in [4.78, 5) is 38.3. The van der Waals surface area contributed by atoms with Crippen molar-refractivity contribution in [3.63, 3.8) is 0 Å². The standard InChI is InChI=1S/C45H64O10/c1-8-10-11-12-30-20-38(48)43(37-19-27(5)13-17-35(37)26(3)4)39(21-30)55-45(52)53-34(25-41(49)50)23-32(46)16-18-36-29(7)14-15-31-22-33(47)24-40(42(31)36)54-44(51)28(6)9-2/h14-15,19-22,28-29,32-37,40,42,46-48H,3,8-13,16-18,23-25H2,1-2,4-7H3,(H,49,50)/t28-,29-,32+,33+,34+,35?,36-,37?,40-,42-/m0/s1. The van der Waals surface area contributed by atoms with Crippen molar-refractivity contribution in [2.45, 2.75) is 149 Å². The largest absolute Gasteiger partial charge is 0.514 e. The number of rotatable bonds is 18. The van der Waals surface area contributed by atoms with Gasteiger partial charge in [-0.2, -0.15) is 0 Å². The molecule has 0 heterocycles. The summed E-state index contributed by atoms with van der Waals surface area (Å²) in [6.45, 7) is 16.1. The minimum absolute atomic E-state index is 0.0173. The van der Waals surface area contributed by atoms with Crippen molar-refractivity contribution in [3.8, 4) is 11.5 Å². The van der Waals surface area contributed by atoms with Crippen LogP contribution in [0, 0.1) is 29.6 Å². The van der Waals surface area contributed by atoms with Crippen LogP contribution in [0.5, 0.6) is 11.5 Å². The minimum atomic E-state index is -1.19. The van der Waals surface area contributed by atoms with E-state index in [0.29, 0.717) is 24.8 Å². The third-order valence-electron chi connectivity index (χ3n) is 11.8. The fourth-order valence-electron chi connectivity index (χ4n) is 8.56. The van der Waals surface area contributed by atoms with Gasteiger partial charge in [0.1, 0.15) is 23.7 Å². The number of aromatic hydroxyl groups is 1. The molecule has 0 bridgehead atoms. The third-order valence-corrected chi connectivity index (χ3v) is 11.8. The highest BCUT2D eigenvalue weighted by atomic mass is 16.7. The van der Waals surface area contributed by atoms with Gasteiger partial charge < -0.3 is 34.6 Å². The van der Waals surface area contributed by atoms with E-state index in [4.69, 9.17) is 14.2 Å². The Morgan fingerprint density at radius 2 is 1.85 bits per heavy atom. The summed E-state index contributed by atoms with van der Waals surface area (Å²) in [6.07, 6.45) is 9.79. The van der Waals surface area contributed by atoms with Crippen molar-refractivity contribution in [1.29, 1.82) is 0 Å². The number of phenolic OH excluding ortho intramolecular Hbond substituents is 1. The summed E-state index contributed by atoms with van der Waals surface area (Å²) >= 11 is 0. The van der Waals surface area contributed by atoms with Gasteiger partial charge in [-0.3, -0.25) is 9.59 Å². The number of carboxylic acid groups (broad SMARTS) is 1. The molecule has 0 aliphatic heterocycles. The van der Waals surface area contributed by atoms with Crippen molar-refractivity contribution >= 4 is 18.1 Å². The number of carboxylic acids is 1. The van der Waals surface area contributed by atoms with E-state index in [1.165, 1.54) is 0 Å². The highest BCUT2D eigenvalue weighted by Crippen LogP contribution is 2.48. The summed E-state index contributed by atoms with van der Waals surface area (Å²) in [7, 11) is 0. The molecule has 55 heavy (non-hydrogen) atoms. The number of unbranched alkanes of at least 4 members (excludes halogenated alkanes) is 2. The van der Waals surface area contributed by atoms with Gasteiger partial charge in [-0.25, -0.2) is 4.79 Å². The van der Waals surface area contributed by atoms with Crippen molar-refractivity contribution in [1.82, 2.24) is 0 Å². The number of allylic oxidation sites excluding steroid dienone is 5. The molecule has 10 nitrogen and oxygen atoms in total. The molecule has 4 rings (SSSR count). The first-order chi connectivity index (χ1) is 26.1. The number of aliphatic carboxylic acids is 1. The molecular weight excluding hydrogens is 700 g/mol. The van der Waals surface area contributed by atoms with Crippen LogP contribution in [0.25, 0.3) is 0 Å². The quantitative estimate of drug-likeness (QED) is 0.0491. The Kier molecular flexibility index (Phi) is 16.2. The van der Waals surface area contributed by atoms with E-state index >= 15 is 0 Å². The van der Waals surface area contributed by atoms with Gasteiger partial charge in [-0.1, -0.05) is 82.6 Å². The van der Waals surface area contributed by atoms with E-state index in [2.05, 4.69) is 32.6 Å². The Labute approximate surface area is 327 Å². The van der Waals surface area contributed by atoms with E-state index in [1.807, 2.05) is 39.8 Å². The summed E-state index contributed by atoms with van der Waals surface area (Å²) in [5.74, 6) is -1.94. The number of aryl methyl sites for hydroxylation is 1. The molecule has 1 aromatic rings. The molecule has 1 aromatic carbocycles. The van der Waals surface area contributed by atoms with Crippen LogP contribution in [-0.4, -0.2) is 62.9 Å². The highest BCUT2D eigenvalue weighted by Gasteiger charge is 2.42. The maximum absolute atomic E-state index is 13.5. The van der Waals surface area contributed by atoms with Crippen LogP contribution in [0.4, 0.5) is 4.79 Å². The molecule has 0 amide bonds. The molecule has 304 valence electrons. The molecule has 0 saturated carbocycles. The maximum Gasteiger partial charge on any atom is 0.514 e. The number of esters is 1. The van der Waals surface area contributed by atoms with Crippen molar-refractivity contribution in [3.05, 3.63) is 70.9 Å². The first-order valence-electron chi connectivity index (χ1n) is 20.4. The van der Waals surface area contributed by atoms with Crippen molar-refractivity contribution < 1.29 is 49.0 Å². The van der Waals surface area contributed by atoms with Crippen LogP contribution in [0.3, 0.4) is 0 Å². The second-order valence-corrected chi connectivity index (χ2v) is 16.3. The number of aliphatic hydroxyl groups excluding tert-OH is 2. The van der Waals surface area contributed by atoms with Gasteiger partial charge in [-0.05, 0) is 99.8 Å². The number of hydrogen-bond donors (Lipinski definition) is 4. The Hall–Kier alpha value is -3.89. The van der Waals surface area contributed by atoms with Crippen molar-refractivity contribution in [2.75, 3.05) is 0 Å². The van der Waals surface area contributed by atoms with E-state index in [0.717, 1.165) is 54.4 Å². The van der Waals surface area contributed by atoms with E-state index in [-0.39, 0.29) is 72.2 Å². The van der Waals surface area contributed by atoms with Crippen LogP contribution in [0.15, 0.2) is 59.7 Å². The summed E-state index contributed by atoms with van der Waals surface area (Å²) < 4.78 is 17.5. The van der Waals surface area contributed by atoms with Gasteiger partial charge in [0, 0.05) is 30.2 Å². The number of benzene rings is 1. The van der Waals surface area contributed by atoms with E-state index in [1.54, 1.807) is 12.1 Å². The van der Waals surface area contributed by atoms with E-state index < -0.39 is 43.0 Å². The molecular formula is C45H64O10. The van der Waals surface area contributed by atoms with Gasteiger partial charge in [0.2, 0.25) is 0 Å². The predicted molar refractivity (Wildman–Crippen MR) is 212 cm³/mol. The molecule has 0 spiro atoms. The molecule has 4 N–H and O–H groups in total. The summed E-state index contributed by atoms with van der Waals surface area (Å²) in [5, 5.41) is 43.0. The monoisotopic (exact) mass is 764 g/mol. The topological polar surface area (TPSA) is 160 Å². The van der Waals surface area contributed by atoms with Crippen LogP contribution in [0.1, 0.15) is 129 Å². The number of aliphatic hydroxyl groups is 2. The van der Waals surface area contributed by atoms with Gasteiger partial charge in [-0.15, -0.1) is 0 Å². The van der Waals surface area contributed by atoms with Crippen molar-refractivity contribution in [2.24, 2.45) is 29.6 Å². The number of fused-ring (bicyclic) bond motifs is 1. The molecule has 2 unspecified atom stereocenters. The van der Waals surface area contributed by atoms with Crippen LogP contribution >= 0.6 is 0 Å². The average molecular weight is 765 g/mol. The third kappa shape index (κ3) is 12.0. The second kappa shape index (κ2) is 20.3. The zero-order valence-electron chi connectivity index (χ0n) is 33.7. The first kappa shape index (κ1) is 43.8. The average Bonchev–Trinajstić information content (AvgIpc) is 3.10. The number of phenols is 1. The summed E-state index contributed by atoms with van der Waals surface area (Å²) in [5.41, 5.74) is 4.30. The summed E-state index contributed by atoms with van der Waals surface area (Å²) in [6, 6.07) is 3.50. The lowest BCUT2D eigenvalue weighted by atomic mass is 9.66. The molecule has 0 aromatic heterocycles. The zero-order chi connectivity index (χ0) is 40.4. The number of ether oxygens (including phenoxy) is 3. The molecule has 3 aliphatic rings. The number of hydrogen-bond acceptors (Lipinski definition) is 9. The van der Waals surface area contributed by atoms with Crippen LogP contribution in [-0.2, 0) is 25.5 Å². The SMILES string of the molecule is C=C(C)C1CCC(C)=CC1c1c(O)cc(CCCCC)cc1OC(=O)O[C@@H](CC(=O)O)C[C@H](O)CC[C@@H]1[C@@H]2C(=C[C@@H](O)C[C@@H]2OC(=O)[C@@H](C)CC)C=C[C@@H]1C. The Morgan fingerprint density at radius 3 is 2.53 bits per heavy atom. The maximum atomic E-state index is 13.5. The predicted octanol–water partition coefficient (Wildman–Crippen LogP) is 9.12. The van der Waals surface area contributed by atoms with Gasteiger partial charge in [0.15, 0.2) is 0 Å². The number of carbonyl (C=O) groups is 3. The molecule has 3 aliphatic carbocycles. The Balaban J connectivity index is 1.50. The lowest BCUT2D eigenvalue weighted by molar-refractivity contribution is -0.159. The molecule has 0 saturated heterocycles. The smallest absolute Gasteiger partial charge is 0.507 e. The Bertz CT molecular complexity index is 1610. The van der Waals surface area contributed by atoms with E-state index in [9.17, 15) is 34.8 Å². The molecule has 0 fully saturated rings. The van der Waals surface area contributed by atoms with Crippen LogP contribution in [0.2, 0.25) is 0 Å². The fourth-order valence-corrected chi connectivity index (χ4v) is 8.56. The first-order valence-corrected chi connectivity index (χ1v) is 20.4. The normalized spacial score (nSPS) is 26.4. The molecule has 0 radical (unpaired) electrons. The lowest BCUT2D eigenvalue weighted by Crippen LogP contribution is -2.43.